The summed E-state index contributed by atoms with van der Waals surface area (Å²) >= 11 is 0. The fraction of sp³-hybridized carbons (Fsp3) is 0.353. The standard InChI is InChI=1S/C17H19N5O5/c23-6-11-13(25)14(26)17(27-11)22-8-21-12-15(19-7-20-16(12)22)18-5-9-1-3-10(24)4-2-9/h1-4,7-8,11,13-14,17,23-26H,5-6H2,(H,18,19,20)/t11-,13-,14-,17-/m0/s1. The van der Waals surface area contributed by atoms with Gasteiger partial charge >= 0.3 is 0 Å². The summed E-state index contributed by atoms with van der Waals surface area (Å²) in [4.78, 5) is 12.7. The van der Waals surface area contributed by atoms with Crippen molar-refractivity contribution in [3.8, 4) is 5.75 Å². The van der Waals surface area contributed by atoms with Gasteiger partial charge in [-0.05, 0) is 17.7 Å². The number of benzene rings is 1. The number of hydrogen-bond acceptors (Lipinski definition) is 9. The average molecular weight is 373 g/mol. The first-order valence-corrected chi connectivity index (χ1v) is 8.40. The third-order valence-electron chi connectivity index (χ3n) is 4.55. The molecular weight excluding hydrogens is 354 g/mol. The van der Waals surface area contributed by atoms with Gasteiger partial charge in [0.15, 0.2) is 23.2 Å². The van der Waals surface area contributed by atoms with Crippen molar-refractivity contribution >= 4 is 17.0 Å². The Morgan fingerprint density at radius 2 is 1.85 bits per heavy atom. The van der Waals surface area contributed by atoms with Gasteiger partial charge < -0.3 is 30.5 Å². The van der Waals surface area contributed by atoms with Gasteiger partial charge in [0, 0.05) is 6.54 Å². The molecule has 1 saturated heterocycles. The van der Waals surface area contributed by atoms with E-state index in [1.54, 1.807) is 24.3 Å². The first-order chi connectivity index (χ1) is 13.1. The van der Waals surface area contributed by atoms with Gasteiger partial charge in [0.2, 0.25) is 0 Å². The molecule has 3 heterocycles. The van der Waals surface area contributed by atoms with Crippen LogP contribution in [0.5, 0.6) is 5.75 Å². The van der Waals surface area contributed by atoms with Gasteiger partial charge in [-0.25, -0.2) is 15.0 Å². The summed E-state index contributed by atoms with van der Waals surface area (Å²) in [5, 5.41) is 41.9. The fourth-order valence-corrected chi connectivity index (χ4v) is 3.08. The van der Waals surface area contributed by atoms with Crippen LogP contribution in [0.2, 0.25) is 0 Å². The molecule has 1 aromatic carbocycles. The first kappa shape index (κ1) is 17.6. The minimum Gasteiger partial charge on any atom is -0.508 e. The van der Waals surface area contributed by atoms with Crippen LogP contribution in [0, 0.1) is 0 Å². The molecule has 27 heavy (non-hydrogen) atoms. The van der Waals surface area contributed by atoms with Crippen molar-refractivity contribution < 1.29 is 25.2 Å². The molecule has 3 aromatic rings. The van der Waals surface area contributed by atoms with E-state index in [1.165, 1.54) is 17.2 Å². The Morgan fingerprint density at radius 3 is 2.56 bits per heavy atom. The lowest BCUT2D eigenvalue weighted by atomic mass is 10.1. The van der Waals surface area contributed by atoms with E-state index >= 15 is 0 Å². The maximum atomic E-state index is 10.2. The van der Waals surface area contributed by atoms with Crippen LogP contribution >= 0.6 is 0 Å². The second kappa shape index (κ2) is 7.08. The molecule has 0 bridgehead atoms. The Labute approximate surface area is 153 Å². The molecule has 0 spiro atoms. The van der Waals surface area contributed by atoms with E-state index in [1.807, 2.05) is 0 Å². The first-order valence-electron chi connectivity index (χ1n) is 8.40. The summed E-state index contributed by atoms with van der Waals surface area (Å²) in [7, 11) is 0. The molecular formula is C17H19N5O5. The second-order valence-electron chi connectivity index (χ2n) is 6.30. The molecule has 0 amide bonds. The lowest BCUT2D eigenvalue weighted by molar-refractivity contribution is -0.0511. The second-order valence-corrected chi connectivity index (χ2v) is 6.30. The number of rotatable bonds is 5. The molecule has 4 rings (SSSR count). The summed E-state index contributed by atoms with van der Waals surface area (Å²) < 4.78 is 7.04. The third kappa shape index (κ3) is 3.19. The van der Waals surface area contributed by atoms with Crippen molar-refractivity contribution in [2.45, 2.75) is 31.1 Å². The number of anilines is 1. The Balaban J connectivity index is 1.59. The monoisotopic (exact) mass is 373 g/mol. The molecule has 1 aliphatic rings. The van der Waals surface area contributed by atoms with Gasteiger partial charge in [-0.1, -0.05) is 12.1 Å². The molecule has 0 saturated carbocycles. The number of nitrogens with zero attached hydrogens (tertiary/aromatic N) is 4. The van der Waals surface area contributed by atoms with Crippen molar-refractivity contribution in [1.82, 2.24) is 19.5 Å². The van der Waals surface area contributed by atoms with Crippen molar-refractivity contribution in [1.29, 1.82) is 0 Å². The molecule has 0 radical (unpaired) electrons. The number of phenolic OH excluding ortho intramolecular Hbond substituents is 1. The minimum atomic E-state index is -1.22. The highest BCUT2D eigenvalue weighted by Gasteiger charge is 2.44. The van der Waals surface area contributed by atoms with Gasteiger partial charge in [0.1, 0.15) is 30.4 Å². The van der Waals surface area contributed by atoms with Crippen LogP contribution in [0.1, 0.15) is 11.8 Å². The normalized spacial score (nSPS) is 25.1. The van der Waals surface area contributed by atoms with E-state index in [0.29, 0.717) is 23.5 Å². The SMILES string of the molecule is OC[C@@H]1O[C@H](n2cnc3c(NCc4ccc(O)cc4)ncnc32)[C@@H](O)[C@H]1O. The highest BCUT2D eigenvalue weighted by molar-refractivity contribution is 5.82. The predicted molar refractivity (Wildman–Crippen MR) is 93.8 cm³/mol. The maximum absolute atomic E-state index is 10.2. The summed E-state index contributed by atoms with van der Waals surface area (Å²) in [6.07, 6.45) is -1.40. The predicted octanol–water partition coefficient (Wildman–Crippen LogP) is -0.245. The number of fused-ring (bicyclic) bond motifs is 1. The van der Waals surface area contributed by atoms with Crippen molar-refractivity contribution in [3.63, 3.8) is 0 Å². The molecule has 10 heteroatoms. The molecule has 142 valence electrons. The molecule has 2 aromatic heterocycles. The Bertz CT molecular complexity index is 931. The van der Waals surface area contributed by atoms with Gasteiger partial charge in [-0.15, -0.1) is 0 Å². The number of aliphatic hydroxyl groups excluding tert-OH is 3. The Morgan fingerprint density at radius 1 is 1.07 bits per heavy atom. The molecule has 4 atom stereocenters. The van der Waals surface area contributed by atoms with Crippen molar-refractivity contribution in [2.24, 2.45) is 0 Å². The number of nitrogens with one attached hydrogen (secondary N) is 1. The third-order valence-corrected chi connectivity index (χ3v) is 4.55. The number of aliphatic hydroxyl groups is 3. The molecule has 0 aliphatic carbocycles. The lowest BCUT2D eigenvalue weighted by Crippen LogP contribution is -2.33. The number of hydrogen-bond donors (Lipinski definition) is 5. The maximum Gasteiger partial charge on any atom is 0.167 e. The number of imidazole rings is 1. The zero-order valence-electron chi connectivity index (χ0n) is 14.2. The summed E-state index contributed by atoms with van der Waals surface area (Å²) in [6.45, 7) is 0.0584. The van der Waals surface area contributed by atoms with Gasteiger partial charge in [0.25, 0.3) is 0 Å². The van der Waals surface area contributed by atoms with Crippen LogP contribution in [-0.2, 0) is 11.3 Å². The molecule has 1 fully saturated rings. The number of ether oxygens (including phenoxy) is 1. The van der Waals surface area contributed by atoms with E-state index in [2.05, 4.69) is 20.3 Å². The van der Waals surface area contributed by atoms with E-state index in [0.717, 1.165) is 5.56 Å². The minimum absolute atomic E-state index is 0.195. The fourth-order valence-electron chi connectivity index (χ4n) is 3.08. The quantitative estimate of drug-likeness (QED) is 0.409. The van der Waals surface area contributed by atoms with Gasteiger partial charge in [-0.2, -0.15) is 0 Å². The Hall–Kier alpha value is -2.79. The van der Waals surface area contributed by atoms with Crippen molar-refractivity contribution in [3.05, 3.63) is 42.5 Å². The largest absolute Gasteiger partial charge is 0.508 e. The number of aromatic nitrogens is 4. The smallest absolute Gasteiger partial charge is 0.167 e. The van der Waals surface area contributed by atoms with Crippen LogP contribution in [-0.4, -0.2) is 64.9 Å². The van der Waals surface area contributed by atoms with E-state index in [4.69, 9.17) is 4.74 Å². The summed E-state index contributed by atoms with van der Waals surface area (Å²) in [5.74, 6) is 0.694. The average Bonchev–Trinajstić information content (AvgIpc) is 3.23. The molecule has 0 unspecified atom stereocenters. The van der Waals surface area contributed by atoms with Crippen LogP contribution in [0.25, 0.3) is 11.2 Å². The highest BCUT2D eigenvalue weighted by atomic mass is 16.6. The van der Waals surface area contributed by atoms with Crippen molar-refractivity contribution in [2.75, 3.05) is 11.9 Å². The van der Waals surface area contributed by atoms with E-state index in [9.17, 15) is 20.4 Å². The van der Waals surface area contributed by atoms with Crippen LogP contribution < -0.4 is 5.32 Å². The van der Waals surface area contributed by atoms with Crippen LogP contribution in [0.4, 0.5) is 5.82 Å². The van der Waals surface area contributed by atoms with Gasteiger partial charge in [-0.3, -0.25) is 4.57 Å². The summed E-state index contributed by atoms with van der Waals surface area (Å²) in [5.41, 5.74) is 1.85. The zero-order valence-corrected chi connectivity index (χ0v) is 14.2. The molecule has 5 N–H and O–H groups in total. The summed E-state index contributed by atoms with van der Waals surface area (Å²) in [6, 6.07) is 6.78. The zero-order chi connectivity index (χ0) is 19.0. The van der Waals surface area contributed by atoms with E-state index < -0.39 is 31.1 Å². The van der Waals surface area contributed by atoms with Crippen LogP contribution in [0.15, 0.2) is 36.9 Å². The highest BCUT2D eigenvalue weighted by Crippen LogP contribution is 2.32. The molecule has 10 nitrogen and oxygen atoms in total. The Kier molecular flexibility index (Phi) is 4.62. The topological polar surface area (TPSA) is 146 Å². The molecule has 1 aliphatic heterocycles. The lowest BCUT2D eigenvalue weighted by Gasteiger charge is -2.16. The van der Waals surface area contributed by atoms with Gasteiger partial charge in [0.05, 0.1) is 12.9 Å². The van der Waals surface area contributed by atoms with Crippen LogP contribution in [0.3, 0.4) is 0 Å². The number of phenols is 1. The number of aromatic hydroxyl groups is 1. The van der Waals surface area contributed by atoms with E-state index in [-0.39, 0.29) is 5.75 Å².